The molecule has 0 spiro atoms. The molecule has 0 amide bonds. The van der Waals surface area contributed by atoms with Gasteiger partial charge in [0.25, 0.3) is 0 Å². The van der Waals surface area contributed by atoms with E-state index in [1.54, 1.807) is 5.56 Å². The molecule has 1 atom stereocenters. The van der Waals surface area contributed by atoms with Crippen LogP contribution in [0.3, 0.4) is 0 Å². The Morgan fingerprint density at radius 2 is 1.48 bits per heavy atom. The van der Waals surface area contributed by atoms with Crippen LogP contribution in [0.1, 0.15) is 78.6 Å². The third-order valence-electron chi connectivity index (χ3n) is 5.63. The minimum absolute atomic E-state index is 0.462. The Bertz CT molecular complexity index is 481. The molecule has 2 rings (SSSR count). The Morgan fingerprint density at radius 1 is 1.00 bits per heavy atom. The highest BCUT2D eigenvalue weighted by molar-refractivity contribution is 9.09. The van der Waals surface area contributed by atoms with Crippen molar-refractivity contribution in [3.63, 3.8) is 0 Å². The molecule has 0 bridgehead atoms. The first-order chi connectivity index (χ1) is 9.78. The number of benzene rings is 1. The third kappa shape index (κ3) is 3.23. The highest BCUT2D eigenvalue weighted by Crippen LogP contribution is 2.56. The van der Waals surface area contributed by atoms with Crippen LogP contribution < -0.4 is 0 Å². The molecule has 0 radical (unpaired) electrons. The molecule has 118 valence electrons. The molecule has 1 saturated carbocycles. The second kappa shape index (κ2) is 6.44. The standard InChI is InChI=1S/C20H31Br/c1-13(2)12-20(9-7-8-10-20)19(21)18-16(5)14(3)11-15(4)17(18)6/h11,13,19H,7-10,12H2,1-6H3. The van der Waals surface area contributed by atoms with Crippen molar-refractivity contribution in [2.24, 2.45) is 11.3 Å². The topological polar surface area (TPSA) is 0 Å². The molecule has 1 unspecified atom stereocenters. The van der Waals surface area contributed by atoms with Gasteiger partial charge >= 0.3 is 0 Å². The van der Waals surface area contributed by atoms with Crippen molar-refractivity contribution in [2.75, 3.05) is 0 Å². The summed E-state index contributed by atoms with van der Waals surface area (Å²) in [6.07, 6.45) is 6.91. The fourth-order valence-electron chi connectivity index (χ4n) is 4.39. The van der Waals surface area contributed by atoms with E-state index in [0.717, 1.165) is 5.92 Å². The molecule has 1 aliphatic rings. The SMILES string of the molecule is Cc1cc(C)c(C)c(C(Br)C2(CC(C)C)CCCC2)c1C. The van der Waals surface area contributed by atoms with E-state index in [1.807, 2.05) is 0 Å². The van der Waals surface area contributed by atoms with Gasteiger partial charge < -0.3 is 0 Å². The highest BCUT2D eigenvalue weighted by atomic mass is 79.9. The average Bonchev–Trinajstić information content (AvgIpc) is 2.85. The summed E-state index contributed by atoms with van der Waals surface area (Å²) in [6, 6.07) is 2.34. The molecule has 1 fully saturated rings. The summed E-state index contributed by atoms with van der Waals surface area (Å²) in [5, 5.41) is 0. The second-order valence-electron chi connectivity index (χ2n) is 7.70. The summed E-state index contributed by atoms with van der Waals surface area (Å²) in [4.78, 5) is 0.508. The van der Waals surface area contributed by atoms with Crippen molar-refractivity contribution in [2.45, 2.75) is 78.5 Å². The quantitative estimate of drug-likeness (QED) is 0.514. The molecule has 1 aromatic carbocycles. The Labute approximate surface area is 139 Å². The largest absolute Gasteiger partial charge is 0.0832 e. The number of rotatable bonds is 4. The average molecular weight is 351 g/mol. The van der Waals surface area contributed by atoms with E-state index in [9.17, 15) is 0 Å². The molecule has 1 aromatic rings. The van der Waals surface area contributed by atoms with Crippen LogP contribution in [0.2, 0.25) is 0 Å². The zero-order valence-corrected chi connectivity index (χ0v) is 16.2. The molecule has 0 N–H and O–H groups in total. The minimum atomic E-state index is 0.462. The lowest BCUT2D eigenvalue weighted by atomic mass is 9.72. The Balaban J connectivity index is 2.49. The molecule has 0 nitrogen and oxygen atoms in total. The summed E-state index contributed by atoms with van der Waals surface area (Å²) in [5.74, 6) is 0.773. The minimum Gasteiger partial charge on any atom is -0.0832 e. The molecular formula is C20H31Br. The van der Waals surface area contributed by atoms with E-state index in [1.165, 1.54) is 54.4 Å². The summed E-state index contributed by atoms with van der Waals surface area (Å²) in [6.45, 7) is 13.9. The Hall–Kier alpha value is -0.300. The van der Waals surface area contributed by atoms with Gasteiger partial charge in [-0.1, -0.05) is 48.7 Å². The molecule has 1 aliphatic carbocycles. The van der Waals surface area contributed by atoms with Gasteiger partial charge in [-0.15, -0.1) is 0 Å². The smallest absolute Gasteiger partial charge is 0.0457 e. The van der Waals surface area contributed by atoms with E-state index >= 15 is 0 Å². The lowest BCUT2D eigenvalue weighted by Gasteiger charge is -2.38. The maximum Gasteiger partial charge on any atom is 0.0457 e. The Morgan fingerprint density at radius 3 is 1.90 bits per heavy atom. The van der Waals surface area contributed by atoms with Gasteiger partial charge in [-0.3, -0.25) is 0 Å². The van der Waals surface area contributed by atoms with Gasteiger partial charge in [0.1, 0.15) is 0 Å². The normalized spacial score (nSPS) is 19.2. The van der Waals surface area contributed by atoms with Crippen LogP contribution in [0.15, 0.2) is 6.07 Å². The van der Waals surface area contributed by atoms with Gasteiger partial charge in [0.2, 0.25) is 0 Å². The fraction of sp³-hybridized carbons (Fsp3) is 0.700. The first-order valence-electron chi connectivity index (χ1n) is 8.50. The van der Waals surface area contributed by atoms with E-state index < -0.39 is 0 Å². The van der Waals surface area contributed by atoms with Gasteiger partial charge in [0, 0.05) is 4.83 Å². The molecule has 1 heteroatoms. The van der Waals surface area contributed by atoms with Gasteiger partial charge in [0.15, 0.2) is 0 Å². The lowest BCUT2D eigenvalue weighted by Crippen LogP contribution is -2.26. The fourth-order valence-corrected chi connectivity index (χ4v) is 5.72. The molecule has 0 aromatic heterocycles. The molecule has 0 saturated heterocycles. The number of aryl methyl sites for hydroxylation is 2. The van der Waals surface area contributed by atoms with Crippen LogP contribution in [-0.4, -0.2) is 0 Å². The van der Waals surface area contributed by atoms with Crippen LogP contribution in [0.5, 0.6) is 0 Å². The van der Waals surface area contributed by atoms with Crippen LogP contribution in [0, 0.1) is 39.0 Å². The summed E-state index contributed by atoms with van der Waals surface area (Å²) >= 11 is 4.17. The van der Waals surface area contributed by atoms with E-state index in [4.69, 9.17) is 0 Å². The van der Waals surface area contributed by atoms with Crippen molar-refractivity contribution in [3.05, 3.63) is 33.9 Å². The Kier molecular flexibility index (Phi) is 5.23. The first kappa shape index (κ1) is 17.1. The van der Waals surface area contributed by atoms with Gasteiger partial charge in [-0.05, 0) is 86.1 Å². The first-order valence-corrected chi connectivity index (χ1v) is 9.41. The van der Waals surface area contributed by atoms with Crippen molar-refractivity contribution < 1.29 is 0 Å². The van der Waals surface area contributed by atoms with Gasteiger partial charge in [-0.25, -0.2) is 0 Å². The van der Waals surface area contributed by atoms with E-state index in [0.29, 0.717) is 10.2 Å². The van der Waals surface area contributed by atoms with Crippen LogP contribution in [0.4, 0.5) is 0 Å². The molecule has 0 heterocycles. The molecular weight excluding hydrogens is 320 g/mol. The number of hydrogen-bond acceptors (Lipinski definition) is 0. The van der Waals surface area contributed by atoms with Crippen molar-refractivity contribution >= 4 is 15.9 Å². The molecule has 0 aliphatic heterocycles. The lowest BCUT2D eigenvalue weighted by molar-refractivity contribution is 0.229. The third-order valence-corrected chi connectivity index (χ3v) is 7.06. The zero-order chi connectivity index (χ0) is 15.8. The molecule has 21 heavy (non-hydrogen) atoms. The van der Waals surface area contributed by atoms with Crippen molar-refractivity contribution in [1.29, 1.82) is 0 Å². The van der Waals surface area contributed by atoms with Crippen molar-refractivity contribution in [1.82, 2.24) is 0 Å². The van der Waals surface area contributed by atoms with Gasteiger partial charge in [0.05, 0.1) is 0 Å². The van der Waals surface area contributed by atoms with E-state index in [2.05, 4.69) is 63.5 Å². The summed E-state index contributed by atoms with van der Waals surface area (Å²) in [5.41, 5.74) is 7.91. The van der Waals surface area contributed by atoms with Crippen LogP contribution in [0.25, 0.3) is 0 Å². The van der Waals surface area contributed by atoms with E-state index in [-0.39, 0.29) is 0 Å². The summed E-state index contributed by atoms with van der Waals surface area (Å²) in [7, 11) is 0. The maximum atomic E-state index is 4.17. The number of hydrogen-bond donors (Lipinski definition) is 0. The number of alkyl halides is 1. The van der Waals surface area contributed by atoms with Gasteiger partial charge in [-0.2, -0.15) is 0 Å². The number of halogens is 1. The second-order valence-corrected chi connectivity index (χ2v) is 8.62. The van der Waals surface area contributed by atoms with Crippen molar-refractivity contribution in [3.8, 4) is 0 Å². The summed E-state index contributed by atoms with van der Waals surface area (Å²) < 4.78 is 0. The zero-order valence-electron chi connectivity index (χ0n) is 14.6. The monoisotopic (exact) mass is 350 g/mol. The maximum absolute atomic E-state index is 4.17. The predicted molar refractivity (Wildman–Crippen MR) is 97.4 cm³/mol. The van der Waals surface area contributed by atoms with Crippen LogP contribution >= 0.6 is 15.9 Å². The van der Waals surface area contributed by atoms with Crippen LogP contribution in [-0.2, 0) is 0 Å². The predicted octanol–water partition coefficient (Wildman–Crippen LogP) is 6.96. The highest BCUT2D eigenvalue weighted by Gasteiger charge is 2.42.